The number of carboxylic acids is 1. The van der Waals surface area contributed by atoms with E-state index in [0.29, 0.717) is 13.0 Å². The Kier molecular flexibility index (Phi) is 13.2. The summed E-state index contributed by atoms with van der Waals surface area (Å²) in [6, 6.07) is 42.7. The highest BCUT2D eigenvalue weighted by Gasteiger charge is 2.51. The number of benzene rings is 5. The number of likely N-dealkylation sites (tertiary alicyclic amines) is 1. The van der Waals surface area contributed by atoms with Crippen molar-refractivity contribution in [3.05, 3.63) is 176 Å². The van der Waals surface area contributed by atoms with Gasteiger partial charge in [-0.3, -0.25) is 28.7 Å². The first kappa shape index (κ1) is 39.9. The van der Waals surface area contributed by atoms with E-state index in [-0.39, 0.29) is 49.5 Å². The molecule has 0 saturated carbocycles. The molecule has 6 rings (SSSR count). The van der Waals surface area contributed by atoms with Crippen molar-refractivity contribution in [3.63, 3.8) is 0 Å². The number of ether oxygens (including phenoxy) is 1. The van der Waals surface area contributed by atoms with Crippen LogP contribution >= 0.6 is 15.9 Å². The lowest BCUT2D eigenvalue weighted by Gasteiger charge is -2.57. The second kappa shape index (κ2) is 18.2. The second-order valence-electron chi connectivity index (χ2n) is 13.5. The fourth-order valence-corrected chi connectivity index (χ4v) is 8.62. The molecule has 0 spiro atoms. The molecule has 55 heavy (non-hydrogen) atoms. The lowest BCUT2D eigenvalue weighted by molar-refractivity contribution is -0.384. The maximum atomic E-state index is 13.1. The maximum absolute atomic E-state index is 13.1. The van der Waals surface area contributed by atoms with Gasteiger partial charge >= 0.3 is 5.97 Å². The van der Waals surface area contributed by atoms with Crippen LogP contribution in [0.25, 0.3) is 0 Å². The second-order valence-corrected chi connectivity index (χ2v) is 15.3. The van der Waals surface area contributed by atoms with Crippen molar-refractivity contribution in [3.8, 4) is 0 Å². The fraction of sp³-hybridized carbons (Fsp3) is 0.262. The van der Waals surface area contributed by atoms with Gasteiger partial charge in [-0.05, 0) is 59.3 Å². The van der Waals surface area contributed by atoms with Gasteiger partial charge in [-0.15, -0.1) is 0 Å². The van der Waals surface area contributed by atoms with Crippen molar-refractivity contribution < 1.29 is 33.4 Å². The summed E-state index contributed by atoms with van der Waals surface area (Å²) < 4.78 is 33.0. The molecule has 5 aromatic rings. The maximum Gasteiger partial charge on any atom is 0.303 e. The van der Waals surface area contributed by atoms with Crippen LogP contribution in [-0.4, -0.2) is 73.2 Å². The highest BCUT2D eigenvalue weighted by Crippen LogP contribution is 2.46. The number of nitro groups is 1. The number of hydrogen-bond acceptors (Lipinski definition) is 7. The van der Waals surface area contributed by atoms with Gasteiger partial charge in [0, 0.05) is 35.1 Å². The molecule has 0 bridgehead atoms. The molecule has 0 aliphatic carbocycles. The van der Waals surface area contributed by atoms with Gasteiger partial charge in [-0.25, -0.2) is 4.21 Å². The van der Waals surface area contributed by atoms with Gasteiger partial charge in [0.1, 0.15) is 11.3 Å². The van der Waals surface area contributed by atoms with Crippen LogP contribution in [0.15, 0.2) is 144 Å². The first-order chi connectivity index (χ1) is 26.6. The molecule has 13 heteroatoms. The Morgan fingerprint density at radius 1 is 0.855 bits per heavy atom. The van der Waals surface area contributed by atoms with Crippen LogP contribution < -0.4 is 4.31 Å². The van der Waals surface area contributed by atoms with E-state index in [1.165, 1.54) is 18.2 Å². The molecule has 1 fully saturated rings. The minimum Gasteiger partial charge on any atom is -0.481 e. The Hall–Kier alpha value is -4.76. The number of aliphatic hydroxyl groups is 1. The predicted molar refractivity (Wildman–Crippen MR) is 215 cm³/mol. The first-order valence-electron chi connectivity index (χ1n) is 17.9. The monoisotopic (exact) mass is 827 g/mol. The SMILES string of the molecule is O=C(O)C[C@@H](CO)CCN1[C@H](COC(c2ccccc2)(c2ccccc2)c2ccccc2)[C@H](c2ccc(Br)cc2)[C@@H]1CN(c1ccccc1[N+](=O)[O-])S(=O)O. The van der Waals surface area contributed by atoms with E-state index in [1.807, 2.05) is 115 Å². The Bertz CT molecular complexity index is 1960. The van der Waals surface area contributed by atoms with Gasteiger partial charge < -0.3 is 14.9 Å². The minimum absolute atomic E-state index is 0.00194. The number of halogens is 1. The largest absolute Gasteiger partial charge is 0.481 e. The fourth-order valence-electron chi connectivity index (χ4n) is 7.75. The molecule has 0 radical (unpaired) electrons. The number of para-hydroxylation sites is 2. The van der Waals surface area contributed by atoms with Crippen LogP contribution in [0.1, 0.15) is 41.0 Å². The van der Waals surface area contributed by atoms with Crippen LogP contribution in [0.4, 0.5) is 11.4 Å². The molecule has 0 aromatic heterocycles. The first-order valence-corrected chi connectivity index (χ1v) is 19.8. The number of carboxylic acid groups (broad SMARTS) is 1. The summed E-state index contributed by atoms with van der Waals surface area (Å²) in [7, 11) is 0. The molecule has 11 nitrogen and oxygen atoms in total. The smallest absolute Gasteiger partial charge is 0.303 e. The number of carbonyl (C=O) groups is 1. The zero-order chi connectivity index (χ0) is 39.0. The van der Waals surface area contributed by atoms with Gasteiger partial charge in [0.2, 0.25) is 0 Å². The number of rotatable bonds is 18. The van der Waals surface area contributed by atoms with Crippen molar-refractivity contribution in [1.82, 2.24) is 4.90 Å². The summed E-state index contributed by atoms with van der Waals surface area (Å²) in [5, 5.41) is 31.8. The van der Waals surface area contributed by atoms with E-state index in [0.717, 1.165) is 31.0 Å². The normalized spacial score (nSPS) is 18.2. The van der Waals surface area contributed by atoms with E-state index in [4.69, 9.17) is 4.74 Å². The van der Waals surface area contributed by atoms with Gasteiger partial charge in [0.25, 0.3) is 17.0 Å². The van der Waals surface area contributed by atoms with E-state index in [2.05, 4.69) is 20.8 Å². The number of aliphatic hydroxyl groups excluding tert-OH is 1. The van der Waals surface area contributed by atoms with Crippen LogP contribution in [0.2, 0.25) is 0 Å². The molecule has 1 heterocycles. The highest BCUT2D eigenvalue weighted by molar-refractivity contribution is 9.10. The molecule has 1 unspecified atom stereocenters. The molecule has 1 saturated heterocycles. The summed E-state index contributed by atoms with van der Waals surface area (Å²) in [4.78, 5) is 25.3. The lowest BCUT2D eigenvalue weighted by atomic mass is 9.74. The lowest BCUT2D eigenvalue weighted by Crippen LogP contribution is -2.67. The van der Waals surface area contributed by atoms with E-state index in [1.54, 1.807) is 6.07 Å². The highest BCUT2D eigenvalue weighted by atomic mass is 79.9. The molecule has 1 aliphatic rings. The number of hydrogen-bond donors (Lipinski definition) is 3. The molecule has 286 valence electrons. The summed E-state index contributed by atoms with van der Waals surface area (Å²) >= 11 is 0.899. The third kappa shape index (κ3) is 8.88. The summed E-state index contributed by atoms with van der Waals surface area (Å²) in [5.41, 5.74) is 2.30. The Morgan fingerprint density at radius 3 is 1.87 bits per heavy atom. The van der Waals surface area contributed by atoms with Gasteiger partial charge in [0.15, 0.2) is 0 Å². The van der Waals surface area contributed by atoms with Crippen molar-refractivity contribution in [2.45, 2.75) is 36.4 Å². The average molecular weight is 829 g/mol. The summed E-state index contributed by atoms with van der Waals surface area (Å²) in [6.45, 7) is 0.0910. The van der Waals surface area contributed by atoms with Crippen LogP contribution in [0.3, 0.4) is 0 Å². The van der Waals surface area contributed by atoms with Crippen LogP contribution in [0, 0.1) is 16.0 Å². The molecule has 0 amide bonds. The van der Waals surface area contributed by atoms with Gasteiger partial charge in [0.05, 0.1) is 24.5 Å². The molecular formula is C42H42BrN3O8S. The zero-order valence-electron chi connectivity index (χ0n) is 29.8. The number of nitro benzene ring substituents is 1. The molecule has 5 aromatic carbocycles. The van der Waals surface area contributed by atoms with E-state index < -0.39 is 39.7 Å². The number of anilines is 1. The van der Waals surface area contributed by atoms with E-state index in [9.17, 15) is 33.9 Å². The van der Waals surface area contributed by atoms with Crippen molar-refractivity contribution in [2.75, 3.05) is 30.6 Å². The van der Waals surface area contributed by atoms with Crippen LogP contribution in [0.5, 0.6) is 0 Å². The average Bonchev–Trinajstić information content (AvgIpc) is 3.20. The summed E-state index contributed by atoms with van der Waals surface area (Å²) in [5.74, 6) is -1.86. The Balaban J connectivity index is 1.46. The standard InChI is InChI=1S/C42H42BrN3O8S/c43-35-22-20-31(21-23-35)41-38(27-45(55(52)53)36-18-10-11-19-37(36)46(50)51)44(25-24-30(28-47)26-40(48)49)39(41)29-54-42(32-12-4-1-5-13-32,33-14-6-2-7-15-33)34-16-8-3-9-17-34/h1-23,30,38-39,41,47H,24-29H2,(H,48,49)(H,52,53)/t30-,38-,39+,41+/m0/s1. The van der Waals surface area contributed by atoms with Crippen molar-refractivity contribution in [2.24, 2.45) is 5.92 Å². The van der Waals surface area contributed by atoms with E-state index >= 15 is 0 Å². The van der Waals surface area contributed by atoms with Gasteiger partial charge in [-0.1, -0.05) is 131 Å². The Labute approximate surface area is 330 Å². The predicted octanol–water partition coefficient (Wildman–Crippen LogP) is 7.62. The Morgan fingerprint density at radius 2 is 1.38 bits per heavy atom. The van der Waals surface area contributed by atoms with Gasteiger partial charge in [-0.2, -0.15) is 0 Å². The van der Waals surface area contributed by atoms with Crippen LogP contribution in [-0.2, 0) is 26.4 Å². The molecule has 1 aliphatic heterocycles. The quantitative estimate of drug-likeness (QED) is 0.0351. The zero-order valence-corrected chi connectivity index (χ0v) is 32.2. The third-order valence-corrected chi connectivity index (χ3v) is 11.6. The van der Waals surface area contributed by atoms with Crippen molar-refractivity contribution in [1.29, 1.82) is 0 Å². The third-order valence-electron chi connectivity index (χ3n) is 10.4. The van der Waals surface area contributed by atoms with Crippen molar-refractivity contribution >= 4 is 44.5 Å². The molecule has 5 atom stereocenters. The topological polar surface area (TPSA) is 154 Å². The minimum atomic E-state index is -2.64. The summed E-state index contributed by atoms with van der Waals surface area (Å²) in [6.07, 6.45) is 0.0895. The molecular weight excluding hydrogens is 786 g/mol. The number of nitrogens with zero attached hydrogens (tertiary/aromatic N) is 3. The number of aliphatic carboxylic acids is 1. The molecule has 3 N–H and O–H groups in total.